The van der Waals surface area contributed by atoms with Crippen LogP contribution in [0.4, 0.5) is 5.13 Å². The molecule has 1 aliphatic rings. The van der Waals surface area contributed by atoms with Crippen LogP contribution in [0.15, 0.2) is 52.3 Å². The van der Waals surface area contributed by atoms with Gasteiger partial charge in [0.05, 0.1) is 17.8 Å². The van der Waals surface area contributed by atoms with Gasteiger partial charge in [0.1, 0.15) is 0 Å². The van der Waals surface area contributed by atoms with Crippen molar-refractivity contribution < 1.29 is 9.59 Å². The third kappa shape index (κ3) is 4.15. The lowest BCUT2D eigenvalue weighted by Crippen LogP contribution is -2.33. The number of benzene rings is 2. The first-order valence-electron chi connectivity index (χ1n) is 9.00. The van der Waals surface area contributed by atoms with Gasteiger partial charge in [0.2, 0.25) is 5.91 Å². The number of amides is 2. The molecular formula is C21H18BrN3O2S. The van der Waals surface area contributed by atoms with Crippen LogP contribution < -0.4 is 10.6 Å². The molecule has 2 amide bonds. The van der Waals surface area contributed by atoms with Gasteiger partial charge < -0.3 is 10.6 Å². The number of aryl methyl sites for hydroxylation is 2. The summed E-state index contributed by atoms with van der Waals surface area (Å²) in [6, 6.07) is 13.5. The lowest BCUT2D eigenvalue weighted by Gasteiger charge is -2.06. The summed E-state index contributed by atoms with van der Waals surface area (Å²) < 4.78 is 0.687. The number of aromatic nitrogens is 1. The maximum Gasteiger partial charge on any atom is 0.252 e. The Kier molecular flexibility index (Phi) is 5.54. The second-order valence-corrected chi connectivity index (χ2v) is 8.30. The molecule has 5 nitrogen and oxygen atoms in total. The zero-order chi connectivity index (χ0) is 19.5. The van der Waals surface area contributed by atoms with Gasteiger partial charge in [-0.1, -0.05) is 24.3 Å². The number of hydrogen-bond donors (Lipinski definition) is 2. The number of carbonyl (C=O) groups is 2. The van der Waals surface area contributed by atoms with Crippen molar-refractivity contribution in [1.82, 2.24) is 10.3 Å². The van der Waals surface area contributed by atoms with E-state index in [1.807, 2.05) is 11.4 Å². The fourth-order valence-electron chi connectivity index (χ4n) is 3.26. The van der Waals surface area contributed by atoms with Crippen molar-refractivity contribution in [2.24, 2.45) is 0 Å². The first kappa shape index (κ1) is 18.8. The minimum atomic E-state index is -0.310. The summed E-state index contributed by atoms with van der Waals surface area (Å²) in [5.41, 5.74) is 5.23. The number of carbonyl (C=O) groups excluding carboxylic acids is 2. The van der Waals surface area contributed by atoms with E-state index >= 15 is 0 Å². The van der Waals surface area contributed by atoms with Gasteiger partial charge in [-0.3, -0.25) is 9.59 Å². The minimum absolute atomic E-state index is 0.117. The van der Waals surface area contributed by atoms with Crippen molar-refractivity contribution in [3.63, 3.8) is 0 Å². The summed E-state index contributed by atoms with van der Waals surface area (Å²) >= 11 is 4.71. The molecule has 0 atom stereocenters. The zero-order valence-electron chi connectivity index (χ0n) is 15.0. The van der Waals surface area contributed by atoms with E-state index in [9.17, 15) is 9.59 Å². The quantitative estimate of drug-likeness (QED) is 0.597. The Morgan fingerprint density at radius 1 is 1.11 bits per heavy atom. The van der Waals surface area contributed by atoms with Gasteiger partial charge in [0.15, 0.2) is 5.13 Å². The average molecular weight is 456 g/mol. The third-order valence-corrected chi connectivity index (χ3v) is 6.12. The highest BCUT2D eigenvalue weighted by Gasteiger charge is 2.14. The van der Waals surface area contributed by atoms with Crippen LogP contribution in [-0.4, -0.2) is 23.3 Å². The van der Waals surface area contributed by atoms with Crippen LogP contribution in [0.2, 0.25) is 0 Å². The van der Waals surface area contributed by atoms with Crippen LogP contribution in [0, 0.1) is 0 Å². The Balaban J connectivity index is 1.35. The van der Waals surface area contributed by atoms with E-state index in [0.29, 0.717) is 15.2 Å². The van der Waals surface area contributed by atoms with Gasteiger partial charge >= 0.3 is 0 Å². The first-order chi connectivity index (χ1) is 13.6. The molecule has 2 N–H and O–H groups in total. The first-order valence-corrected chi connectivity index (χ1v) is 10.7. The van der Waals surface area contributed by atoms with Gasteiger partial charge in [-0.15, -0.1) is 11.3 Å². The van der Waals surface area contributed by atoms with Crippen LogP contribution in [0.25, 0.3) is 11.3 Å². The summed E-state index contributed by atoms with van der Waals surface area (Å²) in [7, 11) is 0. The van der Waals surface area contributed by atoms with Crippen molar-refractivity contribution in [1.29, 1.82) is 0 Å². The molecular weight excluding hydrogens is 438 g/mol. The topological polar surface area (TPSA) is 71.1 Å². The molecule has 0 bridgehead atoms. The summed E-state index contributed by atoms with van der Waals surface area (Å²) in [5.74, 6) is -0.615. The Morgan fingerprint density at radius 3 is 2.79 bits per heavy atom. The molecule has 0 radical (unpaired) electrons. The Labute approximate surface area is 175 Å². The molecule has 0 saturated heterocycles. The summed E-state index contributed by atoms with van der Waals surface area (Å²) in [4.78, 5) is 28.8. The molecule has 4 rings (SSSR count). The van der Waals surface area contributed by atoms with Crippen molar-refractivity contribution in [3.05, 3.63) is 69.0 Å². The number of halogens is 1. The maximum atomic E-state index is 12.2. The normalized spacial score (nSPS) is 12.5. The molecule has 1 heterocycles. The number of nitrogens with zero attached hydrogens (tertiary/aromatic N) is 1. The molecule has 7 heteroatoms. The van der Waals surface area contributed by atoms with Crippen molar-refractivity contribution in [3.8, 4) is 11.3 Å². The van der Waals surface area contributed by atoms with Crippen molar-refractivity contribution in [2.45, 2.75) is 19.3 Å². The fourth-order valence-corrected chi connectivity index (χ4v) is 4.46. The standard InChI is InChI=1S/C21H18BrN3O2S/c22-17-7-2-1-6-16(17)20(27)23-11-19(26)25-21-24-18(12-28-21)15-9-8-13-4-3-5-14(13)10-15/h1-2,6-10,12H,3-5,11H2,(H,23,27)(H,24,25,26). The second-order valence-electron chi connectivity index (χ2n) is 6.59. The number of rotatable bonds is 5. The predicted molar refractivity (Wildman–Crippen MR) is 115 cm³/mol. The largest absolute Gasteiger partial charge is 0.343 e. The van der Waals surface area contributed by atoms with Crippen molar-refractivity contribution in [2.75, 3.05) is 11.9 Å². The number of nitrogens with one attached hydrogen (secondary N) is 2. The van der Waals surface area contributed by atoms with E-state index in [1.165, 1.54) is 28.9 Å². The molecule has 2 aromatic carbocycles. The predicted octanol–water partition coefficient (Wildman–Crippen LogP) is 4.43. The summed E-state index contributed by atoms with van der Waals surface area (Å²) in [5, 5.41) is 7.83. The zero-order valence-corrected chi connectivity index (χ0v) is 17.4. The molecule has 142 valence electrons. The number of hydrogen-bond acceptors (Lipinski definition) is 4. The number of thiazole rings is 1. The number of anilines is 1. The Morgan fingerprint density at radius 2 is 1.93 bits per heavy atom. The third-order valence-electron chi connectivity index (χ3n) is 4.67. The molecule has 1 aromatic heterocycles. The number of fused-ring (bicyclic) bond motifs is 1. The van der Waals surface area contributed by atoms with Crippen LogP contribution in [-0.2, 0) is 17.6 Å². The molecule has 0 fully saturated rings. The molecule has 0 aliphatic heterocycles. The highest BCUT2D eigenvalue weighted by Crippen LogP contribution is 2.30. The van der Waals surface area contributed by atoms with Crippen LogP contribution >= 0.6 is 27.3 Å². The highest BCUT2D eigenvalue weighted by atomic mass is 79.9. The minimum Gasteiger partial charge on any atom is -0.343 e. The van der Waals surface area contributed by atoms with E-state index in [1.54, 1.807) is 18.2 Å². The maximum absolute atomic E-state index is 12.2. The smallest absolute Gasteiger partial charge is 0.252 e. The van der Waals surface area contributed by atoms with E-state index in [-0.39, 0.29) is 18.4 Å². The van der Waals surface area contributed by atoms with E-state index in [0.717, 1.165) is 24.1 Å². The lowest BCUT2D eigenvalue weighted by molar-refractivity contribution is -0.115. The molecule has 0 spiro atoms. The van der Waals surface area contributed by atoms with E-state index in [2.05, 4.69) is 49.7 Å². The second kappa shape index (κ2) is 8.24. The van der Waals surface area contributed by atoms with Gasteiger partial charge in [0.25, 0.3) is 5.91 Å². The van der Waals surface area contributed by atoms with E-state index < -0.39 is 0 Å². The van der Waals surface area contributed by atoms with Crippen LogP contribution in [0.5, 0.6) is 0 Å². The van der Waals surface area contributed by atoms with Gasteiger partial charge in [-0.2, -0.15) is 0 Å². The fraction of sp³-hybridized carbons (Fsp3) is 0.190. The summed E-state index contributed by atoms with van der Waals surface area (Å²) in [6.07, 6.45) is 3.48. The highest BCUT2D eigenvalue weighted by molar-refractivity contribution is 9.10. The van der Waals surface area contributed by atoms with Crippen LogP contribution in [0.3, 0.4) is 0 Å². The lowest BCUT2D eigenvalue weighted by atomic mass is 10.1. The Bertz CT molecular complexity index is 1050. The molecule has 0 saturated carbocycles. The molecule has 0 unspecified atom stereocenters. The molecule has 1 aliphatic carbocycles. The Hall–Kier alpha value is -2.51. The van der Waals surface area contributed by atoms with E-state index in [4.69, 9.17) is 0 Å². The summed E-state index contributed by atoms with van der Waals surface area (Å²) in [6.45, 7) is -0.117. The van der Waals surface area contributed by atoms with Gasteiger partial charge in [0, 0.05) is 15.4 Å². The average Bonchev–Trinajstić information content (AvgIpc) is 3.35. The SMILES string of the molecule is O=C(CNC(=O)c1ccccc1Br)Nc1nc(-c2ccc3c(c2)CCC3)cs1. The monoisotopic (exact) mass is 455 g/mol. The molecule has 28 heavy (non-hydrogen) atoms. The van der Waals surface area contributed by atoms with Gasteiger partial charge in [-0.05, 0) is 64.5 Å². The van der Waals surface area contributed by atoms with Crippen LogP contribution in [0.1, 0.15) is 27.9 Å². The molecule has 3 aromatic rings. The van der Waals surface area contributed by atoms with Crippen molar-refractivity contribution >= 4 is 44.2 Å². The van der Waals surface area contributed by atoms with Gasteiger partial charge in [-0.25, -0.2) is 4.98 Å².